The van der Waals surface area contributed by atoms with Gasteiger partial charge in [0.1, 0.15) is 10.1 Å². The van der Waals surface area contributed by atoms with E-state index in [1.165, 1.54) is 17.8 Å². The molecule has 6 nitrogen and oxygen atoms in total. The molecule has 0 radical (unpaired) electrons. The van der Waals surface area contributed by atoms with Gasteiger partial charge in [-0.15, -0.1) is 0 Å². The minimum absolute atomic E-state index is 0.0839. The third-order valence-corrected chi connectivity index (χ3v) is 3.21. The van der Waals surface area contributed by atoms with Gasteiger partial charge in [-0.3, -0.25) is 10.1 Å². The first-order valence-corrected chi connectivity index (χ1v) is 6.31. The summed E-state index contributed by atoms with van der Waals surface area (Å²) in [7, 11) is 0. The number of nitro groups is 1. The van der Waals surface area contributed by atoms with Gasteiger partial charge in [-0.2, -0.15) is 0 Å². The van der Waals surface area contributed by atoms with Crippen LogP contribution in [0.25, 0.3) is 0 Å². The topological polar surface area (TPSA) is 94.9 Å². The van der Waals surface area contributed by atoms with E-state index in [2.05, 4.69) is 9.97 Å². The number of aromatic nitrogens is 2. The fraction of sp³-hybridized carbons (Fsp3) is 0.167. The quantitative estimate of drug-likeness (QED) is 0.684. The minimum atomic E-state index is -0.550. The summed E-state index contributed by atoms with van der Waals surface area (Å²) in [6.07, 6.45) is 0. The molecule has 2 rings (SSSR count). The Hall–Kier alpha value is -2.15. The zero-order valence-corrected chi connectivity index (χ0v) is 11.3. The van der Waals surface area contributed by atoms with Crippen molar-refractivity contribution in [2.45, 2.75) is 23.9 Å². The van der Waals surface area contributed by atoms with Crippen molar-refractivity contribution in [2.75, 3.05) is 5.73 Å². The van der Waals surface area contributed by atoms with Crippen molar-refractivity contribution in [3.8, 4) is 0 Å². The van der Waals surface area contributed by atoms with Crippen molar-refractivity contribution in [1.82, 2.24) is 9.97 Å². The van der Waals surface area contributed by atoms with E-state index in [1.54, 1.807) is 6.07 Å². The Morgan fingerprint density at radius 2 is 1.95 bits per heavy atom. The lowest BCUT2D eigenvalue weighted by molar-refractivity contribution is -0.384. The van der Waals surface area contributed by atoms with Gasteiger partial charge < -0.3 is 5.73 Å². The van der Waals surface area contributed by atoms with Crippen molar-refractivity contribution >= 4 is 23.3 Å². The molecule has 0 aliphatic heterocycles. The highest BCUT2D eigenvalue weighted by Gasteiger charge is 2.13. The van der Waals surface area contributed by atoms with Gasteiger partial charge in [-0.25, -0.2) is 9.97 Å². The zero-order valence-electron chi connectivity index (χ0n) is 10.5. The van der Waals surface area contributed by atoms with E-state index in [-0.39, 0.29) is 11.5 Å². The summed E-state index contributed by atoms with van der Waals surface area (Å²) in [5.74, 6) is -0.0839. The number of rotatable bonds is 3. The zero-order chi connectivity index (χ0) is 14.0. The molecule has 0 amide bonds. The van der Waals surface area contributed by atoms with Crippen LogP contribution in [0.5, 0.6) is 0 Å². The van der Waals surface area contributed by atoms with E-state index >= 15 is 0 Å². The Balaban J connectivity index is 2.28. The molecular formula is C12H12N4O2S. The second-order valence-electron chi connectivity index (χ2n) is 4.04. The lowest BCUT2D eigenvalue weighted by Crippen LogP contribution is -1.99. The van der Waals surface area contributed by atoms with Crippen molar-refractivity contribution < 1.29 is 4.92 Å². The molecule has 0 atom stereocenters. The van der Waals surface area contributed by atoms with E-state index in [4.69, 9.17) is 5.73 Å². The molecule has 2 aromatic heterocycles. The van der Waals surface area contributed by atoms with Gasteiger partial charge in [-0.1, -0.05) is 11.8 Å². The predicted molar refractivity (Wildman–Crippen MR) is 73.1 cm³/mol. The number of nitrogens with zero attached hydrogens (tertiary/aromatic N) is 3. The number of hydrogen-bond donors (Lipinski definition) is 1. The number of nitrogen functional groups attached to an aromatic ring is 1. The Morgan fingerprint density at radius 3 is 2.53 bits per heavy atom. The maximum atomic E-state index is 10.6. The molecule has 0 saturated heterocycles. The van der Waals surface area contributed by atoms with Gasteiger partial charge in [-0.05, 0) is 37.6 Å². The molecule has 0 bridgehead atoms. The van der Waals surface area contributed by atoms with Crippen LogP contribution in [-0.4, -0.2) is 14.9 Å². The van der Waals surface area contributed by atoms with Crippen LogP contribution in [0, 0.1) is 24.0 Å². The predicted octanol–water partition coefficient (Wildman–Crippen LogP) is 2.74. The third kappa shape index (κ3) is 3.19. The van der Waals surface area contributed by atoms with E-state index in [0.29, 0.717) is 5.03 Å². The molecule has 0 fully saturated rings. The third-order valence-electron chi connectivity index (χ3n) is 2.36. The minimum Gasteiger partial charge on any atom is -0.378 e. The number of aryl methyl sites for hydroxylation is 2. The van der Waals surface area contributed by atoms with Crippen LogP contribution >= 0.6 is 11.8 Å². The van der Waals surface area contributed by atoms with Crippen LogP contribution in [-0.2, 0) is 0 Å². The fourth-order valence-electron chi connectivity index (χ4n) is 1.62. The second-order valence-corrected chi connectivity index (χ2v) is 5.08. The Kier molecular flexibility index (Phi) is 3.66. The summed E-state index contributed by atoms with van der Waals surface area (Å²) >= 11 is 1.33. The summed E-state index contributed by atoms with van der Waals surface area (Å²) in [4.78, 5) is 18.5. The average Bonchev–Trinajstić information content (AvgIpc) is 2.26. The van der Waals surface area contributed by atoms with Crippen molar-refractivity contribution in [1.29, 1.82) is 0 Å². The number of nitrogens with two attached hydrogens (primary N) is 1. The lowest BCUT2D eigenvalue weighted by Gasteiger charge is -2.04. The van der Waals surface area contributed by atoms with Gasteiger partial charge in [0, 0.05) is 11.8 Å². The lowest BCUT2D eigenvalue weighted by atomic mass is 10.3. The largest absolute Gasteiger partial charge is 0.378 e. The smallest absolute Gasteiger partial charge is 0.311 e. The number of anilines is 1. The van der Waals surface area contributed by atoms with Crippen LogP contribution in [0.15, 0.2) is 34.3 Å². The van der Waals surface area contributed by atoms with Gasteiger partial charge in [0.05, 0.1) is 4.92 Å². The van der Waals surface area contributed by atoms with Gasteiger partial charge >= 0.3 is 5.69 Å². The molecule has 0 saturated carbocycles. The van der Waals surface area contributed by atoms with E-state index in [9.17, 15) is 10.1 Å². The SMILES string of the molecule is Cc1cc(C)nc(Sc2ccc([N+](=O)[O-])c(N)n2)c1. The first-order chi connectivity index (χ1) is 8.95. The van der Waals surface area contributed by atoms with Gasteiger partial charge in [0.15, 0.2) is 0 Å². The molecule has 2 heterocycles. The molecule has 0 spiro atoms. The molecule has 0 aliphatic carbocycles. The Morgan fingerprint density at radius 1 is 1.21 bits per heavy atom. The maximum Gasteiger partial charge on any atom is 0.311 e. The monoisotopic (exact) mass is 276 g/mol. The molecule has 19 heavy (non-hydrogen) atoms. The summed E-state index contributed by atoms with van der Waals surface area (Å²) in [6, 6.07) is 6.82. The van der Waals surface area contributed by atoms with E-state index in [0.717, 1.165) is 16.3 Å². The van der Waals surface area contributed by atoms with Crippen LogP contribution in [0.4, 0.5) is 11.5 Å². The summed E-state index contributed by atoms with van der Waals surface area (Å²) in [5.41, 5.74) is 7.38. The van der Waals surface area contributed by atoms with Crippen molar-refractivity contribution in [3.63, 3.8) is 0 Å². The van der Waals surface area contributed by atoms with Crippen LogP contribution in [0.3, 0.4) is 0 Å². The average molecular weight is 276 g/mol. The first-order valence-electron chi connectivity index (χ1n) is 5.50. The molecule has 7 heteroatoms. The summed E-state index contributed by atoms with van der Waals surface area (Å²) < 4.78 is 0. The van der Waals surface area contributed by atoms with Crippen LogP contribution in [0.2, 0.25) is 0 Å². The summed E-state index contributed by atoms with van der Waals surface area (Å²) in [6.45, 7) is 3.89. The van der Waals surface area contributed by atoms with Crippen molar-refractivity contribution in [2.24, 2.45) is 0 Å². The second kappa shape index (κ2) is 5.23. The molecule has 0 unspecified atom stereocenters. The first kappa shape index (κ1) is 13.3. The molecule has 2 N–H and O–H groups in total. The van der Waals surface area contributed by atoms with Crippen molar-refractivity contribution in [3.05, 3.63) is 45.6 Å². The standard InChI is InChI=1S/C12H12N4O2S/c1-7-5-8(2)14-11(6-7)19-10-4-3-9(16(17)18)12(13)15-10/h3-6H,1-2H3,(H2,13,15). The fourth-order valence-corrected chi connectivity index (χ4v) is 2.55. The molecular weight excluding hydrogens is 264 g/mol. The normalized spacial score (nSPS) is 10.4. The van der Waals surface area contributed by atoms with Crippen LogP contribution in [0.1, 0.15) is 11.3 Å². The van der Waals surface area contributed by atoms with Crippen LogP contribution < -0.4 is 5.73 Å². The Labute approximate surface area is 114 Å². The van der Waals surface area contributed by atoms with Gasteiger partial charge in [0.2, 0.25) is 5.82 Å². The van der Waals surface area contributed by atoms with Gasteiger partial charge in [0.25, 0.3) is 0 Å². The highest BCUT2D eigenvalue weighted by molar-refractivity contribution is 7.99. The number of hydrogen-bond acceptors (Lipinski definition) is 6. The summed E-state index contributed by atoms with van der Waals surface area (Å²) in [5, 5.41) is 12.0. The highest BCUT2D eigenvalue weighted by atomic mass is 32.2. The highest BCUT2D eigenvalue weighted by Crippen LogP contribution is 2.29. The van der Waals surface area contributed by atoms with E-state index in [1.807, 2.05) is 26.0 Å². The molecule has 0 aromatic carbocycles. The van der Waals surface area contributed by atoms with E-state index < -0.39 is 4.92 Å². The molecule has 0 aliphatic rings. The Bertz CT molecular complexity index is 625. The number of pyridine rings is 2. The molecule has 2 aromatic rings. The molecule has 98 valence electrons. The maximum absolute atomic E-state index is 10.6.